The maximum Gasteiger partial charge on any atom is 0.329 e. The average Bonchev–Trinajstić information content (AvgIpc) is 1.65. The predicted octanol–water partition coefficient (Wildman–Crippen LogP) is 1.74. The molecule has 0 aliphatic rings. The maximum atomic E-state index is 9.84. The van der Waals surface area contributed by atoms with Crippen LogP contribution in [0.2, 0.25) is 0 Å². The van der Waals surface area contributed by atoms with Crippen molar-refractivity contribution in [3.63, 3.8) is 0 Å². The summed E-state index contributed by atoms with van der Waals surface area (Å²) in [6.07, 6.45) is 1.09. The van der Waals surface area contributed by atoms with E-state index in [0.717, 1.165) is 6.08 Å². The molecule has 0 bridgehead atoms. The van der Waals surface area contributed by atoms with Crippen molar-refractivity contribution in [1.82, 2.24) is 0 Å². The largest absolute Gasteiger partial charge is 0.478 e. The molecule has 0 aromatic rings. The van der Waals surface area contributed by atoms with Crippen LogP contribution in [0, 0.1) is 0 Å². The van der Waals surface area contributed by atoms with E-state index in [0.29, 0.717) is 9.81 Å². The van der Waals surface area contributed by atoms with Crippen molar-refractivity contribution in [3.8, 4) is 0 Å². The van der Waals surface area contributed by atoms with Crippen LogP contribution in [0.3, 0.4) is 0 Å². The van der Waals surface area contributed by atoms with Crippen molar-refractivity contribution in [1.29, 1.82) is 0 Å². The molecular formula is C4H4Br2O2. The van der Waals surface area contributed by atoms with Crippen molar-refractivity contribution < 1.29 is 9.90 Å². The van der Waals surface area contributed by atoms with E-state index in [4.69, 9.17) is 5.11 Å². The molecule has 0 heterocycles. The van der Waals surface area contributed by atoms with Crippen LogP contribution in [0.15, 0.2) is 10.6 Å². The van der Waals surface area contributed by atoms with E-state index in [1.807, 2.05) is 0 Å². The first-order valence-electron chi connectivity index (χ1n) is 1.81. The highest BCUT2D eigenvalue weighted by Crippen LogP contribution is 2.06. The molecule has 0 fully saturated rings. The van der Waals surface area contributed by atoms with Gasteiger partial charge >= 0.3 is 5.97 Å². The smallest absolute Gasteiger partial charge is 0.329 e. The van der Waals surface area contributed by atoms with Crippen LogP contribution in [0.1, 0.15) is 0 Å². The fourth-order valence-corrected chi connectivity index (χ4v) is 0.530. The summed E-state index contributed by atoms with van der Waals surface area (Å²) in [7, 11) is 0. The Labute approximate surface area is 63.8 Å². The van der Waals surface area contributed by atoms with Crippen molar-refractivity contribution in [2.75, 3.05) is 5.33 Å². The first kappa shape index (κ1) is 8.17. The lowest BCUT2D eigenvalue weighted by molar-refractivity contribution is -0.131. The molecule has 0 amide bonds. The third kappa shape index (κ3) is 4.33. The Bertz CT molecular complexity index is 119. The standard InChI is InChI=1S/C4H4Br2O2/c5-2-3(6)1-4(7)8/h1H,2H2,(H,7,8)/b3-1+. The molecular weight excluding hydrogens is 240 g/mol. The second kappa shape index (κ2) is 4.09. The van der Waals surface area contributed by atoms with Gasteiger partial charge in [-0.3, -0.25) is 0 Å². The quantitative estimate of drug-likeness (QED) is 0.593. The summed E-state index contributed by atoms with van der Waals surface area (Å²) < 4.78 is 0.630. The zero-order valence-corrected chi connectivity index (χ0v) is 7.07. The van der Waals surface area contributed by atoms with Gasteiger partial charge in [-0.15, -0.1) is 0 Å². The molecule has 2 nitrogen and oxygen atoms in total. The fraction of sp³-hybridized carbons (Fsp3) is 0.250. The highest BCUT2D eigenvalue weighted by Gasteiger charge is 1.90. The number of allylic oxidation sites excluding steroid dienone is 1. The number of rotatable bonds is 2. The molecule has 0 unspecified atom stereocenters. The van der Waals surface area contributed by atoms with Crippen LogP contribution in [0.5, 0.6) is 0 Å². The summed E-state index contributed by atoms with van der Waals surface area (Å²) in [6, 6.07) is 0. The Hall–Kier alpha value is 0.170. The van der Waals surface area contributed by atoms with Crippen LogP contribution in [0.25, 0.3) is 0 Å². The minimum atomic E-state index is -0.934. The monoisotopic (exact) mass is 242 g/mol. The highest BCUT2D eigenvalue weighted by molar-refractivity contribution is 9.13. The molecule has 0 radical (unpaired) electrons. The summed E-state index contributed by atoms with van der Waals surface area (Å²) in [6.45, 7) is 0. The van der Waals surface area contributed by atoms with E-state index in [9.17, 15) is 4.79 Å². The molecule has 0 rings (SSSR count). The van der Waals surface area contributed by atoms with Gasteiger partial charge in [-0.25, -0.2) is 4.79 Å². The normalized spacial score (nSPS) is 11.5. The molecule has 0 aliphatic carbocycles. The fourth-order valence-electron chi connectivity index (χ4n) is 0.173. The summed E-state index contributed by atoms with van der Waals surface area (Å²) in [5.74, 6) is -0.934. The molecule has 46 valence electrons. The van der Waals surface area contributed by atoms with Crippen molar-refractivity contribution in [3.05, 3.63) is 10.6 Å². The number of carboxylic acids is 1. The first-order valence-corrected chi connectivity index (χ1v) is 3.73. The third-order valence-corrected chi connectivity index (χ3v) is 2.27. The minimum Gasteiger partial charge on any atom is -0.478 e. The van der Waals surface area contributed by atoms with Gasteiger partial charge in [-0.2, -0.15) is 0 Å². The molecule has 0 saturated carbocycles. The topological polar surface area (TPSA) is 37.3 Å². The first-order chi connectivity index (χ1) is 3.66. The number of aliphatic carboxylic acids is 1. The Balaban J connectivity index is 3.75. The van der Waals surface area contributed by atoms with Gasteiger partial charge in [-0.1, -0.05) is 31.9 Å². The number of alkyl halides is 1. The van der Waals surface area contributed by atoms with Crippen LogP contribution in [0.4, 0.5) is 0 Å². The summed E-state index contributed by atoms with van der Waals surface area (Å²) in [5, 5.41) is 8.63. The lowest BCUT2D eigenvalue weighted by Crippen LogP contribution is -1.88. The summed E-state index contributed by atoms with van der Waals surface area (Å²) in [5.41, 5.74) is 0. The highest BCUT2D eigenvalue weighted by atomic mass is 79.9. The maximum absolute atomic E-state index is 9.84. The van der Waals surface area contributed by atoms with Gasteiger partial charge in [0.25, 0.3) is 0 Å². The van der Waals surface area contributed by atoms with E-state index in [-0.39, 0.29) is 0 Å². The second-order valence-corrected chi connectivity index (χ2v) is 2.64. The molecule has 0 saturated heterocycles. The predicted molar refractivity (Wildman–Crippen MR) is 38.4 cm³/mol. The minimum absolute atomic E-state index is 0.541. The molecule has 1 N–H and O–H groups in total. The van der Waals surface area contributed by atoms with Crippen molar-refractivity contribution in [2.45, 2.75) is 0 Å². The van der Waals surface area contributed by atoms with E-state index >= 15 is 0 Å². The summed E-state index contributed by atoms with van der Waals surface area (Å²) in [4.78, 5) is 9.84. The number of hydrogen-bond donors (Lipinski definition) is 1. The number of halogens is 2. The SMILES string of the molecule is O=C(O)/C=C(/Br)CBr. The van der Waals surface area contributed by atoms with Gasteiger partial charge in [0.1, 0.15) is 0 Å². The van der Waals surface area contributed by atoms with E-state index in [1.54, 1.807) is 0 Å². The average molecular weight is 244 g/mol. The summed E-state index contributed by atoms with van der Waals surface area (Å²) >= 11 is 6.08. The Kier molecular flexibility index (Phi) is 4.18. The van der Waals surface area contributed by atoms with Crippen LogP contribution in [-0.2, 0) is 4.79 Å². The molecule has 0 atom stereocenters. The lowest BCUT2D eigenvalue weighted by Gasteiger charge is -1.83. The second-order valence-electron chi connectivity index (χ2n) is 1.06. The van der Waals surface area contributed by atoms with Crippen LogP contribution < -0.4 is 0 Å². The number of carbonyl (C=O) groups is 1. The molecule has 4 heteroatoms. The Morgan fingerprint density at radius 2 is 2.25 bits per heavy atom. The Morgan fingerprint density at radius 3 is 2.38 bits per heavy atom. The number of carboxylic acid groups (broad SMARTS) is 1. The third-order valence-electron chi connectivity index (χ3n) is 0.408. The van der Waals surface area contributed by atoms with Gasteiger partial charge in [0.05, 0.1) is 0 Å². The zero-order chi connectivity index (χ0) is 6.57. The molecule has 0 aromatic heterocycles. The molecule has 0 aliphatic heterocycles. The van der Waals surface area contributed by atoms with E-state index in [2.05, 4.69) is 31.9 Å². The lowest BCUT2D eigenvalue weighted by atomic mass is 10.5. The van der Waals surface area contributed by atoms with Gasteiger partial charge in [0, 0.05) is 15.9 Å². The van der Waals surface area contributed by atoms with Crippen molar-refractivity contribution >= 4 is 37.8 Å². The van der Waals surface area contributed by atoms with Crippen LogP contribution in [-0.4, -0.2) is 16.4 Å². The number of hydrogen-bond acceptors (Lipinski definition) is 1. The molecule has 0 spiro atoms. The van der Waals surface area contributed by atoms with E-state index in [1.165, 1.54) is 0 Å². The van der Waals surface area contributed by atoms with Gasteiger partial charge in [0.2, 0.25) is 0 Å². The van der Waals surface area contributed by atoms with Gasteiger partial charge in [-0.05, 0) is 0 Å². The Morgan fingerprint density at radius 1 is 1.75 bits per heavy atom. The van der Waals surface area contributed by atoms with Gasteiger partial charge in [0.15, 0.2) is 0 Å². The van der Waals surface area contributed by atoms with Gasteiger partial charge < -0.3 is 5.11 Å². The van der Waals surface area contributed by atoms with E-state index < -0.39 is 5.97 Å². The molecule has 0 aromatic carbocycles. The van der Waals surface area contributed by atoms with Crippen molar-refractivity contribution in [2.24, 2.45) is 0 Å². The van der Waals surface area contributed by atoms with Crippen LogP contribution >= 0.6 is 31.9 Å². The zero-order valence-electron chi connectivity index (χ0n) is 3.90. The molecule has 8 heavy (non-hydrogen) atoms.